The van der Waals surface area contributed by atoms with E-state index in [4.69, 9.17) is 5.73 Å². The third kappa shape index (κ3) is 3.31. The third-order valence-corrected chi connectivity index (χ3v) is 4.76. The lowest BCUT2D eigenvalue weighted by Gasteiger charge is -2.32. The van der Waals surface area contributed by atoms with E-state index in [2.05, 4.69) is 13.8 Å². The highest BCUT2D eigenvalue weighted by Gasteiger charge is 2.36. The summed E-state index contributed by atoms with van der Waals surface area (Å²) in [5.74, 6) is 2.18. The van der Waals surface area contributed by atoms with Crippen LogP contribution in [-0.2, 0) is 4.79 Å². The second kappa shape index (κ2) is 5.09. The van der Waals surface area contributed by atoms with Crippen molar-refractivity contribution < 1.29 is 4.79 Å². The minimum atomic E-state index is -0.152. The highest BCUT2D eigenvalue weighted by Crippen LogP contribution is 2.37. The van der Waals surface area contributed by atoms with Gasteiger partial charge in [0.25, 0.3) is 0 Å². The Bertz CT molecular complexity index is 271. The Balaban J connectivity index is 1.90. The van der Waals surface area contributed by atoms with E-state index in [0.717, 1.165) is 25.7 Å². The first-order valence-corrected chi connectivity index (χ1v) is 7.30. The second-order valence-electron chi connectivity index (χ2n) is 6.83. The maximum Gasteiger partial charge on any atom is 0.137 e. The molecule has 2 aliphatic carbocycles. The molecule has 2 rings (SSSR count). The zero-order valence-electron chi connectivity index (χ0n) is 11.4. The van der Waals surface area contributed by atoms with Gasteiger partial charge in [0.15, 0.2) is 0 Å². The number of rotatable bonds is 3. The molecule has 0 aliphatic heterocycles. The molecule has 2 aliphatic rings. The van der Waals surface area contributed by atoms with Crippen molar-refractivity contribution in [1.29, 1.82) is 0 Å². The second-order valence-corrected chi connectivity index (χ2v) is 6.83. The van der Waals surface area contributed by atoms with Gasteiger partial charge in [0, 0.05) is 17.9 Å². The molecule has 2 nitrogen and oxygen atoms in total. The average molecular weight is 237 g/mol. The molecule has 0 aromatic carbocycles. The molecule has 0 heterocycles. The molecule has 0 bridgehead atoms. The Morgan fingerprint density at radius 1 is 1.12 bits per heavy atom. The summed E-state index contributed by atoms with van der Waals surface area (Å²) in [5, 5.41) is 0. The molecule has 2 saturated carbocycles. The summed E-state index contributed by atoms with van der Waals surface area (Å²) in [7, 11) is 0. The number of Topliss-reactive ketones (excluding diaryl/α,β-unsaturated/α-hetero) is 1. The average Bonchev–Trinajstić information content (AvgIpc) is 2.63. The normalized spacial score (nSPS) is 37.0. The van der Waals surface area contributed by atoms with Crippen LogP contribution in [0.3, 0.4) is 0 Å². The van der Waals surface area contributed by atoms with Crippen molar-refractivity contribution in [2.75, 3.05) is 0 Å². The Labute approximate surface area is 105 Å². The number of carbonyl (C=O) groups is 1. The van der Waals surface area contributed by atoms with Crippen molar-refractivity contribution in [3.8, 4) is 0 Å². The van der Waals surface area contributed by atoms with Crippen LogP contribution < -0.4 is 5.73 Å². The number of nitrogens with two attached hydrogens (primary N) is 1. The highest BCUT2D eigenvalue weighted by atomic mass is 16.1. The number of ketones is 1. The molecule has 2 fully saturated rings. The van der Waals surface area contributed by atoms with Crippen molar-refractivity contribution in [3.05, 3.63) is 0 Å². The van der Waals surface area contributed by atoms with Gasteiger partial charge in [-0.25, -0.2) is 0 Å². The Morgan fingerprint density at radius 3 is 2.18 bits per heavy atom. The van der Waals surface area contributed by atoms with Gasteiger partial charge in [-0.15, -0.1) is 0 Å². The lowest BCUT2D eigenvalue weighted by Crippen LogP contribution is -2.41. The molecular weight excluding hydrogens is 210 g/mol. The molecule has 0 aromatic rings. The van der Waals surface area contributed by atoms with Crippen LogP contribution in [0.25, 0.3) is 0 Å². The molecule has 2 N–H and O–H groups in total. The summed E-state index contributed by atoms with van der Waals surface area (Å²) in [6, 6.07) is 0. The zero-order valence-corrected chi connectivity index (χ0v) is 11.4. The van der Waals surface area contributed by atoms with Crippen LogP contribution in [0.15, 0.2) is 0 Å². The van der Waals surface area contributed by atoms with Gasteiger partial charge in [0.05, 0.1) is 0 Å². The van der Waals surface area contributed by atoms with E-state index in [1.807, 2.05) is 0 Å². The van der Waals surface area contributed by atoms with Crippen LogP contribution in [0.1, 0.15) is 65.2 Å². The van der Waals surface area contributed by atoms with E-state index in [1.165, 1.54) is 19.3 Å². The van der Waals surface area contributed by atoms with Gasteiger partial charge in [-0.2, -0.15) is 0 Å². The molecule has 0 amide bonds. The standard InChI is InChI=1S/C15H27NO/c1-11-7-12(2)9-13(8-11)14(17)10-15(16)5-3-4-6-15/h11-13H,3-10,16H2,1-2H3. The van der Waals surface area contributed by atoms with Gasteiger partial charge < -0.3 is 5.73 Å². The predicted molar refractivity (Wildman–Crippen MR) is 70.7 cm³/mol. The van der Waals surface area contributed by atoms with Crippen LogP contribution in [-0.4, -0.2) is 11.3 Å². The minimum absolute atomic E-state index is 0.152. The fraction of sp³-hybridized carbons (Fsp3) is 0.933. The van der Waals surface area contributed by atoms with E-state index in [-0.39, 0.29) is 5.54 Å². The van der Waals surface area contributed by atoms with E-state index in [9.17, 15) is 4.79 Å². The van der Waals surface area contributed by atoms with Crippen molar-refractivity contribution in [2.45, 2.75) is 70.8 Å². The number of hydrogen-bond donors (Lipinski definition) is 1. The number of hydrogen-bond acceptors (Lipinski definition) is 2. The molecule has 2 atom stereocenters. The quantitative estimate of drug-likeness (QED) is 0.818. The van der Waals surface area contributed by atoms with Crippen molar-refractivity contribution >= 4 is 5.78 Å². The van der Waals surface area contributed by atoms with Gasteiger partial charge in [-0.05, 0) is 43.9 Å². The predicted octanol–water partition coefficient (Wildman–Crippen LogP) is 3.29. The molecule has 0 spiro atoms. The molecule has 2 heteroatoms. The lowest BCUT2D eigenvalue weighted by molar-refractivity contribution is -0.126. The monoisotopic (exact) mass is 237 g/mol. The van der Waals surface area contributed by atoms with E-state index >= 15 is 0 Å². The van der Waals surface area contributed by atoms with Crippen LogP contribution in [0, 0.1) is 17.8 Å². The summed E-state index contributed by atoms with van der Waals surface area (Å²) in [6.07, 6.45) is 8.64. The maximum atomic E-state index is 12.4. The largest absolute Gasteiger partial charge is 0.325 e. The molecule has 98 valence electrons. The molecule has 0 radical (unpaired) electrons. The molecule has 2 unspecified atom stereocenters. The topological polar surface area (TPSA) is 43.1 Å². The van der Waals surface area contributed by atoms with E-state index in [0.29, 0.717) is 30.0 Å². The molecule has 0 aromatic heterocycles. The first-order chi connectivity index (χ1) is 7.98. The van der Waals surface area contributed by atoms with Gasteiger partial charge in [0.2, 0.25) is 0 Å². The Morgan fingerprint density at radius 2 is 1.65 bits per heavy atom. The van der Waals surface area contributed by atoms with Crippen LogP contribution in [0.5, 0.6) is 0 Å². The summed E-state index contributed by atoms with van der Waals surface area (Å²) in [6.45, 7) is 4.56. The van der Waals surface area contributed by atoms with Crippen LogP contribution in [0.4, 0.5) is 0 Å². The highest BCUT2D eigenvalue weighted by molar-refractivity contribution is 5.82. The van der Waals surface area contributed by atoms with Crippen LogP contribution >= 0.6 is 0 Å². The maximum absolute atomic E-state index is 12.4. The zero-order chi connectivity index (χ0) is 12.5. The first-order valence-electron chi connectivity index (χ1n) is 7.30. The van der Waals surface area contributed by atoms with Gasteiger partial charge >= 0.3 is 0 Å². The fourth-order valence-corrected chi connectivity index (χ4v) is 3.96. The molecular formula is C15H27NO. The first kappa shape index (κ1) is 13.1. The Kier molecular flexibility index (Phi) is 3.92. The molecule has 0 saturated heterocycles. The lowest BCUT2D eigenvalue weighted by atomic mass is 9.73. The number of carbonyl (C=O) groups excluding carboxylic acids is 1. The minimum Gasteiger partial charge on any atom is -0.325 e. The fourth-order valence-electron chi connectivity index (χ4n) is 3.96. The van der Waals surface area contributed by atoms with Crippen molar-refractivity contribution in [2.24, 2.45) is 23.5 Å². The summed E-state index contributed by atoms with van der Waals surface area (Å²) in [4.78, 5) is 12.4. The van der Waals surface area contributed by atoms with Gasteiger partial charge in [-0.3, -0.25) is 4.79 Å². The van der Waals surface area contributed by atoms with Gasteiger partial charge in [0.1, 0.15) is 5.78 Å². The van der Waals surface area contributed by atoms with Crippen LogP contribution in [0.2, 0.25) is 0 Å². The SMILES string of the molecule is CC1CC(C)CC(C(=O)CC2(N)CCCC2)C1. The van der Waals surface area contributed by atoms with E-state index in [1.54, 1.807) is 0 Å². The molecule has 17 heavy (non-hydrogen) atoms. The summed E-state index contributed by atoms with van der Waals surface area (Å²) in [5.41, 5.74) is 6.16. The van der Waals surface area contributed by atoms with Crippen molar-refractivity contribution in [3.63, 3.8) is 0 Å². The van der Waals surface area contributed by atoms with E-state index < -0.39 is 0 Å². The van der Waals surface area contributed by atoms with Crippen molar-refractivity contribution in [1.82, 2.24) is 0 Å². The smallest absolute Gasteiger partial charge is 0.137 e. The summed E-state index contributed by atoms with van der Waals surface area (Å²) >= 11 is 0. The third-order valence-electron chi connectivity index (χ3n) is 4.76. The summed E-state index contributed by atoms with van der Waals surface area (Å²) < 4.78 is 0. The van der Waals surface area contributed by atoms with Gasteiger partial charge in [-0.1, -0.05) is 26.7 Å². The Hall–Kier alpha value is -0.370.